The highest BCUT2D eigenvalue weighted by molar-refractivity contribution is 5.96. The molecule has 21 heavy (non-hydrogen) atoms. The van der Waals surface area contributed by atoms with Crippen LogP contribution in [-0.2, 0) is 9.59 Å². The van der Waals surface area contributed by atoms with Crippen molar-refractivity contribution in [3.63, 3.8) is 0 Å². The molecule has 2 unspecified atom stereocenters. The maximum Gasteiger partial charge on any atom is 0.245 e. The van der Waals surface area contributed by atoms with Gasteiger partial charge in [-0.1, -0.05) is 59.3 Å². The van der Waals surface area contributed by atoms with E-state index in [1.54, 1.807) is 0 Å². The van der Waals surface area contributed by atoms with Crippen LogP contribution in [0.2, 0.25) is 0 Å². The van der Waals surface area contributed by atoms with Crippen molar-refractivity contribution in [2.24, 2.45) is 0 Å². The van der Waals surface area contributed by atoms with E-state index in [1.165, 1.54) is 25.7 Å². The van der Waals surface area contributed by atoms with E-state index < -0.39 is 0 Å². The average molecular weight is 296 g/mol. The number of nitrogens with one attached hydrogen (secondary N) is 1. The highest BCUT2D eigenvalue weighted by Gasteiger charge is 2.38. The molecule has 1 saturated heterocycles. The van der Waals surface area contributed by atoms with Crippen LogP contribution in [0.25, 0.3) is 0 Å². The molecule has 0 radical (unpaired) electrons. The normalized spacial score (nSPS) is 22.5. The number of rotatable bonds is 10. The van der Waals surface area contributed by atoms with Gasteiger partial charge in [-0.25, -0.2) is 0 Å². The van der Waals surface area contributed by atoms with Gasteiger partial charge >= 0.3 is 0 Å². The van der Waals surface area contributed by atoms with Crippen LogP contribution in [-0.4, -0.2) is 35.3 Å². The van der Waals surface area contributed by atoms with Crippen molar-refractivity contribution in [1.82, 2.24) is 10.2 Å². The lowest BCUT2D eigenvalue weighted by Crippen LogP contribution is -2.63. The minimum Gasteiger partial charge on any atom is -0.343 e. The van der Waals surface area contributed by atoms with Gasteiger partial charge in [-0.05, 0) is 19.3 Å². The highest BCUT2D eigenvalue weighted by Crippen LogP contribution is 2.17. The SMILES string of the molecule is CCCCCCCCN1C(=O)C(CCC)NC(=O)C1CC. The standard InChI is InChI=1S/C17H32N2O2/c1-4-7-8-9-10-11-13-19-15(6-3)16(20)18-14(12-5-2)17(19)21/h14-15H,4-13H2,1-3H3,(H,18,20). The molecule has 1 rings (SSSR count). The van der Waals surface area contributed by atoms with Crippen molar-refractivity contribution >= 4 is 11.8 Å². The van der Waals surface area contributed by atoms with Crippen molar-refractivity contribution in [3.05, 3.63) is 0 Å². The molecule has 1 aliphatic rings. The Bertz CT molecular complexity index is 331. The van der Waals surface area contributed by atoms with Crippen molar-refractivity contribution in [2.75, 3.05) is 6.54 Å². The van der Waals surface area contributed by atoms with Gasteiger partial charge in [0.2, 0.25) is 11.8 Å². The molecule has 1 fully saturated rings. The molecule has 0 aromatic carbocycles. The molecule has 4 heteroatoms. The maximum absolute atomic E-state index is 12.5. The van der Waals surface area contributed by atoms with Crippen LogP contribution < -0.4 is 5.32 Å². The molecule has 2 amide bonds. The summed E-state index contributed by atoms with van der Waals surface area (Å²) in [6.45, 7) is 6.97. The Hall–Kier alpha value is -1.06. The van der Waals surface area contributed by atoms with Gasteiger partial charge in [0.1, 0.15) is 12.1 Å². The third-order valence-corrected chi connectivity index (χ3v) is 4.29. The number of carbonyl (C=O) groups is 2. The van der Waals surface area contributed by atoms with Crippen LogP contribution in [0.3, 0.4) is 0 Å². The molecule has 0 aromatic rings. The van der Waals surface area contributed by atoms with Crippen LogP contribution >= 0.6 is 0 Å². The van der Waals surface area contributed by atoms with Gasteiger partial charge in [0.25, 0.3) is 0 Å². The van der Waals surface area contributed by atoms with E-state index >= 15 is 0 Å². The summed E-state index contributed by atoms with van der Waals surface area (Å²) in [6.07, 6.45) is 9.58. The molecular weight excluding hydrogens is 264 g/mol. The molecule has 122 valence electrons. The average Bonchev–Trinajstić information content (AvgIpc) is 2.47. The van der Waals surface area contributed by atoms with Gasteiger partial charge in [0, 0.05) is 6.54 Å². The first-order valence-corrected chi connectivity index (χ1v) is 8.76. The van der Waals surface area contributed by atoms with Crippen LogP contribution in [0.15, 0.2) is 0 Å². The monoisotopic (exact) mass is 296 g/mol. The number of nitrogens with zero attached hydrogens (tertiary/aromatic N) is 1. The number of piperazine rings is 1. The first-order valence-electron chi connectivity index (χ1n) is 8.76. The molecule has 1 heterocycles. The van der Waals surface area contributed by atoms with E-state index in [0.717, 1.165) is 32.2 Å². The third-order valence-electron chi connectivity index (χ3n) is 4.29. The van der Waals surface area contributed by atoms with Crippen LogP contribution in [0.4, 0.5) is 0 Å². The van der Waals surface area contributed by atoms with Gasteiger partial charge in [-0.3, -0.25) is 9.59 Å². The lowest BCUT2D eigenvalue weighted by Gasteiger charge is -2.38. The Labute approximate surface area is 129 Å². The van der Waals surface area contributed by atoms with Crippen LogP contribution in [0.1, 0.15) is 78.6 Å². The second-order valence-corrected chi connectivity index (χ2v) is 6.07. The van der Waals surface area contributed by atoms with E-state index in [1.807, 2.05) is 18.7 Å². The Morgan fingerprint density at radius 3 is 2.24 bits per heavy atom. The minimum absolute atomic E-state index is 0.0292. The van der Waals surface area contributed by atoms with Crippen molar-refractivity contribution in [2.45, 2.75) is 90.6 Å². The van der Waals surface area contributed by atoms with Crippen molar-refractivity contribution < 1.29 is 9.59 Å². The zero-order valence-electron chi connectivity index (χ0n) is 14.0. The maximum atomic E-state index is 12.5. The summed E-state index contributed by atoms with van der Waals surface area (Å²) in [5.74, 6) is 0.151. The topological polar surface area (TPSA) is 49.4 Å². The highest BCUT2D eigenvalue weighted by atomic mass is 16.2. The predicted octanol–water partition coefficient (Wildman–Crippen LogP) is 3.25. The Morgan fingerprint density at radius 1 is 0.952 bits per heavy atom. The lowest BCUT2D eigenvalue weighted by atomic mass is 10.0. The Morgan fingerprint density at radius 2 is 1.62 bits per heavy atom. The van der Waals surface area contributed by atoms with Gasteiger partial charge in [-0.15, -0.1) is 0 Å². The summed E-state index contributed by atoms with van der Waals surface area (Å²) in [4.78, 5) is 26.5. The minimum atomic E-state index is -0.301. The lowest BCUT2D eigenvalue weighted by molar-refractivity contribution is -0.149. The van der Waals surface area contributed by atoms with Gasteiger partial charge in [0.15, 0.2) is 0 Å². The molecule has 0 aromatic heterocycles. The summed E-state index contributed by atoms with van der Waals surface area (Å²) >= 11 is 0. The molecule has 2 atom stereocenters. The second kappa shape index (κ2) is 9.80. The third kappa shape index (κ3) is 5.33. The first kappa shape index (κ1) is 18.0. The first-order chi connectivity index (χ1) is 10.2. The smallest absolute Gasteiger partial charge is 0.245 e. The van der Waals surface area contributed by atoms with Gasteiger partial charge < -0.3 is 10.2 Å². The Balaban J connectivity index is 2.49. The predicted molar refractivity (Wildman–Crippen MR) is 86.0 cm³/mol. The number of unbranched alkanes of at least 4 members (excludes halogenated alkanes) is 5. The summed E-state index contributed by atoms with van der Waals surface area (Å²) in [5.41, 5.74) is 0. The number of carbonyl (C=O) groups excluding carboxylic acids is 2. The van der Waals surface area contributed by atoms with Crippen molar-refractivity contribution in [1.29, 1.82) is 0 Å². The molecule has 1 N–H and O–H groups in total. The fourth-order valence-electron chi connectivity index (χ4n) is 3.04. The molecule has 1 aliphatic heterocycles. The Kier molecular flexibility index (Phi) is 8.40. The fourth-order valence-corrected chi connectivity index (χ4v) is 3.04. The van der Waals surface area contributed by atoms with E-state index in [-0.39, 0.29) is 23.9 Å². The van der Waals surface area contributed by atoms with Gasteiger partial charge in [-0.2, -0.15) is 0 Å². The molecular formula is C17H32N2O2. The molecule has 0 saturated carbocycles. The zero-order valence-corrected chi connectivity index (χ0v) is 14.0. The fraction of sp³-hybridized carbons (Fsp3) is 0.882. The second-order valence-electron chi connectivity index (χ2n) is 6.07. The largest absolute Gasteiger partial charge is 0.343 e. The van der Waals surface area contributed by atoms with E-state index in [9.17, 15) is 9.59 Å². The quantitative estimate of drug-likeness (QED) is 0.629. The summed E-state index contributed by atoms with van der Waals surface area (Å²) in [7, 11) is 0. The van der Waals surface area contributed by atoms with E-state index in [2.05, 4.69) is 12.2 Å². The number of hydrogen-bond donors (Lipinski definition) is 1. The van der Waals surface area contributed by atoms with Crippen LogP contribution in [0.5, 0.6) is 0 Å². The summed E-state index contributed by atoms with van der Waals surface area (Å²) < 4.78 is 0. The van der Waals surface area contributed by atoms with Crippen molar-refractivity contribution in [3.8, 4) is 0 Å². The molecule has 4 nitrogen and oxygen atoms in total. The van der Waals surface area contributed by atoms with E-state index in [0.29, 0.717) is 6.42 Å². The van der Waals surface area contributed by atoms with Crippen LogP contribution in [0, 0.1) is 0 Å². The molecule has 0 spiro atoms. The number of hydrogen-bond acceptors (Lipinski definition) is 2. The molecule has 0 aliphatic carbocycles. The summed E-state index contributed by atoms with van der Waals surface area (Å²) in [6, 6.07) is -0.563. The van der Waals surface area contributed by atoms with E-state index in [4.69, 9.17) is 0 Å². The molecule has 0 bridgehead atoms. The zero-order chi connectivity index (χ0) is 15.7. The number of amides is 2. The summed E-state index contributed by atoms with van der Waals surface area (Å²) in [5, 5.41) is 2.89. The van der Waals surface area contributed by atoms with Gasteiger partial charge in [0.05, 0.1) is 0 Å².